The molecule has 0 unspecified atom stereocenters. The fraction of sp³-hybridized carbons (Fsp3) is 0.286. The maximum atomic E-state index is 12.1. The Morgan fingerprint density at radius 1 is 1.48 bits per heavy atom. The van der Waals surface area contributed by atoms with Crippen molar-refractivity contribution >= 4 is 28.9 Å². The number of nitrogens with one attached hydrogen (secondary N) is 1. The van der Waals surface area contributed by atoms with Crippen LogP contribution in [0.25, 0.3) is 0 Å². The number of hydrogen-bond acceptors (Lipinski definition) is 4. The van der Waals surface area contributed by atoms with Gasteiger partial charge in [0.2, 0.25) is 0 Å². The summed E-state index contributed by atoms with van der Waals surface area (Å²) in [5.74, 6) is 0.201. The lowest BCUT2D eigenvalue weighted by Crippen LogP contribution is -2.14. The third kappa shape index (κ3) is 3.46. The van der Waals surface area contributed by atoms with Crippen LogP contribution in [0, 0.1) is 0 Å². The summed E-state index contributed by atoms with van der Waals surface area (Å²) in [6.07, 6.45) is 1.63. The molecule has 0 atom stereocenters. The number of carbonyl (C=O) groups excluding carboxylic acids is 1. The number of benzene rings is 1. The van der Waals surface area contributed by atoms with Gasteiger partial charge in [-0.3, -0.25) is 9.48 Å². The Balaban J connectivity index is 2.15. The van der Waals surface area contributed by atoms with E-state index < -0.39 is 0 Å². The number of nitrogens with two attached hydrogens (primary N) is 1. The number of hydrogen-bond donors (Lipinski definition) is 2. The van der Waals surface area contributed by atoms with Crippen molar-refractivity contribution < 1.29 is 9.53 Å². The summed E-state index contributed by atoms with van der Waals surface area (Å²) >= 11 is 6.07. The lowest BCUT2D eigenvalue weighted by Gasteiger charge is -2.08. The smallest absolute Gasteiger partial charge is 0.278 e. The second-order valence-electron chi connectivity index (χ2n) is 4.32. The van der Waals surface area contributed by atoms with E-state index in [9.17, 15) is 4.79 Å². The fourth-order valence-electron chi connectivity index (χ4n) is 1.82. The highest BCUT2D eigenvalue weighted by atomic mass is 35.5. The van der Waals surface area contributed by atoms with Crippen LogP contribution in [0.1, 0.15) is 24.3 Å². The van der Waals surface area contributed by atoms with E-state index in [1.54, 1.807) is 29.1 Å². The number of nitrogens with zero attached hydrogens (tertiary/aromatic N) is 2. The minimum absolute atomic E-state index is 0.196. The highest BCUT2D eigenvalue weighted by molar-refractivity contribution is 6.32. The standard InChI is InChI=1S/C14H17ClN4O2/c1-3-19-8-11(16)13(18-19)14(20)17-9-5-6-12(21-4-2)10(15)7-9/h5-8H,3-4,16H2,1-2H3,(H,17,20). The number of ether oxygens (including phenoxy) is 1. The molecule has 1 heterocycles. The van der Waals surface area contributed by atoms with E-state index >= 15 is 0 Å². The molecule has 1 aromatic heterocycles. The van der Waals surface area contributed by atoms with Crippen molar-refractivity contribution in [2.45, 2.75) is 20.4 Å². The SMILES string of the molecule is CCOc1ccc(NC(=O)c2nn(CC)cc2N)cc1Cl. The lowest BCUT2D eigenvalue weighted by atomic mass is 10.2. The zero-order valence-electron chi connectivity index (χ0n) is 11.9. The normalized spacial score (nSPS) is 10.4. The number of aryl methyl sites for hydroxylation is 1. The molecule has 7 heteroatoms. The first-order valence-electron chi connectivity index (χ1n) is 6.61. The second kappa shape index (κ2) is 6.49. The molecule has 0 aliphatic carbocycles. The van der Waals surface area contributed by atoms with Gasteiger partial charge < -0.3 is 15.8 Å². The minimum Gasteiger partial charge on any atom is -0.492 e. The predicted octanol–water partition coefficient (Wildman–Crippen LogP) is 2.79. The van der Waals surface area contributed by atoms with E-state index in [2.05, 4.69) is 10.4 Å². The Bertz CT molecular complexity index is 654. The Labute approximate surface area is 127 Å². The van der Waals surface area contributed by atoms with E-state index in [1.165, 1.54) is 0 Å². The number of nitrogen functional groups attached to an aromatic ring is 1. The van der Waals surface area contributed by atoms with Crippen LogP contribution in [0.15, 0.2) is 24.4 Å². The second-order valence-corrected chi connectivity index (χ2v) is 4.73. The van der Waals surface area contributed by atoms with Gasteiger partial charge in [-0.15, -0.1) is 0 Å². The third-order valence-electron chi connectivity index (χ3n) is 2.82. The van der Waals surface area contributed by atoms with Crippen LogP contribution in [0.5, 0.6) is 5.75 Å². The highest BCUT2D eigenvalue weighted by Gasteiger charge is 2.15. The van der Waals surface area contributed by atoms with Crippen LogP contribution in [-0.4, -0.2) is 22.3 Å². The van der Waals surface area contributed by atoms with Crippen molar-refractivity contribution in [3.63, 3.8) is 0 Å². The molecule has 3 N–H and O–H groups in total. The molecular formula is C14H17ClN4O2. The van der Waals surface area contributed by atoms with Gasteiger partial charge >= 0.3 is 0 Å². The van der Waals surface area contributed by atoms with Gasteiger partial charge in [0, 0.05) is 18.4 Å². The van der Waals surface area contributed by atoms with Crippen LogP contribution < -0.4 is 15.8 Å². The van der Waals surface area contributed by atoms with E-state index in [0.29, 0.717) is 35.3 Å². The summed E-state index contributed by atoms with van der Waals surface area (Å²) in [6.45, 7) is 4.96. The monoisotopic (exact) mass is 308 g/mol. The summed E-state index contributed by atoms with van der Waals surface area (Å²) in [7, 11) is 0. The van der Waals surface area contributed by atoms with Crippen LogP contribution >= 0.6 is 11.6 Å². The van der Waals surface area contributed by atoms with Crippen molar-refractivity contribution in [2.75, 3.05) is 17.7 Å². The summed E-state index contributed by atoms with van der Waals surface area (Å²) in [6, 6.07) is 5.04. The topological polar surface area (TPSA) is 82.2 Å². The van der Waals surface area contributed by atoms with Gasteiger partial charge in [0.25, 0.3) is 5.91 Å². The van der Waals surface area contributed by atoms with Crippen molar-refractivity contribution in [2.24, 2.45) is 0 Å². The van der Waals surface area contributed by atoms with Crippen LogP contribution in [0.2, 0.25) is 5.02 Å². The van der Waals surface area contributed by atoms with Gasteiger partial charge in [-0.1, -0.05) is 11.6 Å². The first-order valence-corrected chi connectivity index (χ1v) is 6.99. The Kier molecular flexibility index (Phi) is 4.70. The maximum Gasteiger partial charge on any atom is 0.278 e. The van der Waals surface area contributed by atoms with Crippen LogP contribution in [0.4, 0.5) is 11.4 Å². The highest BCUT2D eigenvalue weighted by Crippen LogP contribution is 2.28. The molecule has 1 aromatic carbocycles. The summed E-state index contributed by atoms with van der Waals surface area (Å²) in [4.78, 5) is 12.1. The van der Waals surface area contributed by atoms with Gasteiger partial charge in [-0.05, 0) is 32.0 Å². The van der Waals surface area contributed by atoms with Crippen molar-refractivity contribution in [3.05, 3.63) is 35.1 Å². The van der Waals surface area contributed by atoms with Crippen molar-refractivity contribution in [3.8, 4) is 5.75 Å². The number of amides is 1. The van der Waals surface area contributed by atoms with Gasteiger partial charge in [0.1, 0.15) is 5.75 Å². The first kappa shape index (κ1) is 15.2. The zero-order valence-corrected chi connectivity index (χ0v) is 12.6. The van der Waals surface area contributed by atoms with Gasteiger partial charge in [0.05, 0.1) is 17.3 Å². The average molecular weight is 309 g/mol. The van der Waals surface area contributed by atoms with Gasteiger partial charge in [-0.25, -0.2) is 0 Å². The van der Waals surface area contributed by atoms with E-state index in [0.717, 1.165) is 0 Å². The average Bonchev–Trinajstić information content (AvgIpc) is 2.83. The van der Waals surface area contributed by atoms with Crippen molar-refractivity contribution in [1.29, 1.82) is 0 Å². The van der Waals surface area contributed by atoms with Gasteiger partial charge in [-0.2, -0.15) is 5.10 Å². The Morgan fingerprint density at radius 2 is 2.24 bits per heavy atom. The summed E-state index contributed by atoms with van der Waals surface area (Å²) < 4.78 is 6.94. The molecule has 0 saturated heterocycles. The van der Waals surface area contributed by atoms with Crippen molar-refractivity contribution in [1.82, 2.24) is 9.78 Å². The molecule has 2 aromatic rings. The van der Waals surface area contributed by atoms with Crippen LogP contribution in [0.3, 0.4) is 0 Å². The quantitative estimate of drug-likeness (QED) is 0.890. The fourth-order valence-corrected chi connectivity index (χ4v) is 2.05. The molecule has 0 aliphatic heterocycles. The molecule has 112 valence electrons. The number of rotatable bonds is 5. The van der Waals surface area contributed by atoms with Crippen LogP contribution in [-0.2, 0) is 6.54 Å². The number of aromatic nitrogens is 2. The Hall–Kier alpha value is -2.21. The lowest BCUT2D eigenvalue weighted by molar-refractivity contribution is 0.102. The Morgan fingerprint density at radius 3 is 2.81 bits per heavy atom. The molecule has 0 spiro atoms. The number of halogens is 1. The molecule has 0 aliphatic rings. The predicted molar refractivity (Wildman–Crippen MR) is 82.9 cm³/mol. The molecular weight excluding hydrogens is 292 g/mol. The summed E-state index contributed by atoms with van der Waals surface area (Å²) in [5.41, 5.74) is 6.86. The zero-order chi connectivity index (χ0) is 15.4. The molecule has 0 bridgehead atoms. The van der Waals surface area contributed by atoms with E-state index in [1.807, 2.05) is 13.8 Å². The molecule has 1 amide bonds. The number of carbonyl (C=O) groups is 1. The molecule has 0 radical (unpaired) electrons. The van der Waals surface area contributed by atoms with E-state index in [4.69, 9.17) is 22.1 Å². The largest absolute Gasteiger partial charge is 0.492 e. The third-order valence-corrected chi connectivity index (χ3v) is 3.11. The first-order chi connectivity index (χ1) is 10.0. The van der Waals surface area contributed by atoms with Gasteiger partial charge in [0.15, 0.2) is 5.69 Å². The molecule has 6 nitrogen and oxygen atoms in total. The van der Waals surface area contributed by atoms with E-state index in [-0.39, 0.29) is 11.6 Å². The summed E-state index contributed by atoms with van der Waals surface area (Å²) in [5, 5.41) is 7.26. The molecule has 21 heavy (non-hydrogen) atoms. The maximum absolute atomic E-state index is 12.1. The molecule has 0 fully saturated rings. The molecule has 0 saturated carbocycles. The minimum atomic E-state index is -0.375. The number of anilines is 2. The molecule has 2 rings (SSSR count).